The number of fused-ring (bicyclic) bond motifs is 1. The van der Waals surface area contributed by atoms with Crippen molar-refractivity contribution in [2.45, 2.75) is 13.0 Å². The highest BCUT2D eigenvalue weighted by Gasteiger charge is 2.14. The van der Waals surface area contributed by atoms with Gasteiger partial charge in [0.2, 0.25) is 0 Å². The molecule has 3 nitrogen and oxygen atoms in total. The molecule has 2 aromatic heterocycles. The molecule has 0 radical (unpaired) electrons. The molecule has 0 saturated heterocycles. The van der Waals surface area contributed by atoms with Crippen LogP contribution >= 0.6 is 11.3 Å². The third-order valence-electron chi connectivity index (χ3n) is 1.81. The Bertz CT molecular complexity index is 402. The van der Waals surface area contributed by atoms with Gasteiger partial charge < -0.3 is 15.8 Å². The third-order valence-corrected chi connectivity index (χ3v) is 3.16. The number of rotatable bonds is 1. The quantitative estimate of drug-likeness (QED) is 0.631. The minimum absolute atomic E-state index is 0.101. The van der Waals surface area contributed by atoms with Crippen LogP contribution in [0.5, 0.6) is 5.75 Å². The van der Waals surface area contributed by atoms with Crippen molar-refractivity contribution in [2.75, 3.05) is 0 Å². The lowest BCUT2D eigenvalue weighted by Gasteiger charge is -2.00. The van der Waals surface area contributed by atoms with E-state index in [0.29, 0.717) is 5.75 Å². The van der Waals surface area contributed by atoms with E-state index in [1.165, 1.54) is 11.3 Å². The number of aromatic amines is 1. The summed E-state index contributed by atoms with van der Waals surface area (Å²) in [6.07, 6.45) is 1.81. The van der Waals surface area contributed by atoms with Crippen molar-refractivity contribution >= 4 is 21.6 Å². The second kappa shape index (κ2) is 2.50. The van der Waals surface area contributed by atoms with Crippen LogP contribution in [0.1, 0.15) is 17.8 Å². The van der Waals surface area contributed by atoms with E-state index in [9.17, 15) is 5.11 Å². The van der Waals surface area contributed by atoms with Gasteiger partial charge in [-0.3, -0.25) is 0 Å². The van der Waals surface area contributed by atoms with Crippen molar-refractivity contribution in [3.05, 3.63) is 17.1 Å². The Balaban J connectivity index is 2.70. The summed E-state index contributed by atoms with van der Waals surface area (Å²) in [5, 5.41) is 9.65. The van der Waals surface area contributed by atoms with Crippen molar-refractivity contribution in [1.29, 1.82) is 0 Å². The molecule has 0 aliphatic carbocycles. The third kappa shape index (κ3) is 0.922. The second-order valence-corrected chi connectivity index (χ2v) is 3.90. The fourth-order valence-corrected chi connectivity index (χ4v) is 2.24. The molecule has 2 aromatic rings. The topological polar surface area (TPSA) is 62.0 Å². The smallest absolute Gasteiger partial charge is 0.155 e. The zero-order valence-electron chi connectivity index (χ0n) is 6.66. The van der Waals surface area contributed by atoms with Gasteiger partial charge >= 0.3 is 0 Å². The van der Waals surface area contributed by atoms with Crippen LogP contribution in [0.2, 0.25) is 0 Å². The Morgan fingerprint density at radius 3 is 3.00 bits per heavy atom. The lowest BCUT2D eigenvalue weighted by atomic mass is 10.2. The molecule has 1 atom stereocenters. The van der Waals surface area contributed by atoms with Gasteiger partial charge in [-0.2, -0.15) is 0 Å². The van der Waals surface area contributed by atoms with Crippen LogP contribution in [-0.4, -0.2) is 10.1 Å². The van der Waals surface area contributed by atoms with E-state index in [1.807, 2.05) is 19.2 Å². The molecule has 2 rings (SSSR count). The molecule has 0 saturated carbocycles. The van der Waals surface area contributed by atoms with E-state index >= 15 is 0 Å². The van der Waals surface area contributed by atoms with Gasteiger partial charge in [-0.25, -0.2) is 0 Å². The minimum atomic E-state index is -0.101. The molecule has 4 N–H and O–H groups in total. The summed E-state index contributed by atoms with van der Waals surface area (Å²) < 4.78 is 1.06. The molecule has 0 spiro atoms. The average molecular weight is 182 g/mol. The monoisotopic (exact) mass is 182 g/mol. The first-order chi connectivity index (χ1) is 5.70. The highest BCUT2D eigenvalue weighted by Crippen LogP contribution is 2.38. The molecule has 0 bridgehead atoms. The summed E-state index contributed by atoms with van der Waals surface area (Å²) in [7, 11) is 0. The molecule has 0 aliphatic heterocycles. The van der Waals surface area contributed by atoms with Gasteiger partial charge in [0.05, 0.1) is 15.1 Å². The number of H-pyrrole nitrogens is 1. The molecular weight excluding hydrogens is 172 g/mol. The van der Waals surface area contributed by atoms with Crippen LogP contribution in [0.25, 0.3) is 10.2 Å². The summed E-state index contributed by atoms with van der Waals surface area (Å²) in [5.74, 6) is 0.301. The summed E-state index contributed by atoms with van der Waals surface area (Å²) in [6.45, 7) is 1.87. The molecule has 0 amide bonds. The van der Waals surface area contributed by atoms with Gasteiger partial charge in [-0.05, 0) is 13.0 Å². The van der Waals surface area contributed by atoms with E-state index in [4.69, 9.17) is 5.73 Å². The second-order valence-electron chi connectivity index (χ2n) is 2.82. The number of nitrogens with two attached hydrogens (primary N) is 1. The first kappa shape index (κ1) is 7.64. The number of aromatic nitrogens is 1. The number of hydrogen-bond donors (Lipinski definition) is 3. The van der Waals surface area contributed by atoms with Crippen LogP contribution in [-0.2, 0) is 0 Å². The van der Waals surface area contributed by atoms with Crippen molar-refractivity contribution in [1.82, 2.24) is 4.98 Å². The maximum absolute atomic E-state index is 9.65. The normalized spacial score (nSPS) is 13.8. The zero-order valence-corrected chi connectivity index (χ0v) is 7.48. The minimum Gasteiger partial charge on any atom is -0.505 e. The van der Waals surface area contributed by atoms with Gasteiger partial charge in [0.15, 0.2) is 5.75 Å². The maximum Gasteiger partial charge on any atom is 0.155 e. The van der Waals surface area contributed by atoms with Crippen LogP contribution in [0, 0.1) is 0 Å². The first-order valence-corrected chi connectivity index (χ1v) is 4.56. The largest absolute Gasteiger partial charge is 0.505 e. The molecule has 4 heteroatoms. The van der Waals surface area contributed by atoms with Gasteiger partial charge in [-0.1, -0.05) is 0 Å². The maximum atomic E-state index is 9.65. The molecule has 0 aliphatic rings. The Kier molecular flexibility index (Phi) is 1.59. The van der Waals surface area contributed by atoms with Crippen molar-refractivity contribution in [3.63, 3.8) is 0 Å². The summed E-state index contributed by atoms with van der Waals surface area (Å²) in [4.78, 5) is 3.81. The predicted octanol–water partition coefficient (Wildman–Crippen LogP) is 1.95. The lowest BCUT2D eigenvalue weighted by Crippen LogP contribution is -2.02. The van der Waals surface area contributed by atoms with Gasteiger partial charge in [0.1, 0.15) is 0 Å². The fourth-order valence-electron chi connectivity index (χ4n) is 1.22. The molecule has 64 valence electrons. The van der Waals surface area contributed by atoms with Crippen LogP contribution in [0.3, 0.4) is 0 Å². The van der Waals surface area contributed by atoms with Crippen LogP contribution in [0.4, 0.5) is 0 Å². The standard InChI is InChI=1S/C8H10N2OS/c1-4(9)8-7(11)6-5(12-8)2-3-10-6/h2-4,10-11H,9H2,1H3. The SMILES string of the molecule is CC(N)c1sc2cc[nH]c2c1O. The Morgan fingerprint density at radius 1 is 1.67 bits per heavy atom. The molecular formula is C8H10N2OS. The zero-order chi connectivity index (χ0) is 8.72. The molecule has 1 unspecified atom stereocenters. The first-order valence-electron chi connectivity index (χ1n) is 3.74. The number of thiophene rings is 1. The van der Waals surface area contributed by atoms with Gasteiger partial charge in [0, 0.05) is 12.2 Å². The van der Waals surface area contributed by atoms with E-state index in [1.54, 1.807) is 0 Å². The summed E-state index contributed by atoms with van der Waals surface area (Å²) in [6, 6.07) is 1.83. The number of hydrogen-bond acceptors (Lipinski definition) is 3. The number of nitrogens with one attached hydrogen (secondary N) is 1. The van der Waals surface area contributed by atoms with Crippen molar-refractivity contribution in [3.8, 4) is 5.75 Å². The van der Waals surface area contributed by atoms with E-state index in [-0.39, 0.29) is 6.04 Å². The molecule has 0 aromatic carbocycles. The molecule has 0 fully saturated rings. The van der Waals surface area contributed by atoms with Crippen LogP contribution in [0.15, 0.2) is 12.3 Å². The van der Waals surface area contributed by atoms with Crippen molar-refractivity contribution in [2.24, 2.45) is 5.73 Å². The average Bonchev–Trinajstić information content (AvgIpc) is 2.53. The highest BCUT2D eigenvalue weighted by atomic mass is 32.1. The summed E-state index contributed by atoms with van der Waals surface area (Å²) in [5.41, 5.74) is 6.47. The Hall–Kier alpha value is -1.00. The van der Waals surface area contributed by atoms with E-state index in [0.717, 1.165) is 15.1 Å². The molecule has 2 heterocycles. The summed E-state index contributed by atoms with van der Waals surface area (Å²) >= 11 is 1.53. The van der Waals surface area contributed by atoms with Gasteiger partial charge in [-0.15, -0.1) is 11.3 Å². The van der Waals surface area contributed by atoms with Gasteiger partial charge in [0.25, 0.3) is 0 Å². The van der Waals surface area contributed by atoms with Crippen molar-refractivity contribution < 1.29 is 5.11 Å². The fraction of sp³-hybridized carbons (Fsp3) is 0.250. The Labute approximate surface area is 73.8 Å². The van der Waals surface area contributed by atoms with E-state index in [2.05, 4.69) is 4.98 Å². The van der Waals surface area contributed by atoms with E-state index < -0.39 is 0 Å². The predicted molar refractivity (Wildman–Crippen MR) is 50.4 cm³/mol. The molecule has 12 heavy (non-hydrogen) atoms. The lowest BCUT2D eigenvalue weighted by molar-refractivity contribution is 0.473. The Morgan fingerprint density at radius 2 is 2.42 bits per heavy atom. The highest BCUT2D eigenvalue weighted by molar-refractivity contribution is 7.19. The number of aromatic hydroxyl groups is 1. The van der Waals surface area contributed by atoms with Crippen LogP contribution < -0.4 is 5.73 Å².